The van der Waals surface area contributed by atoms with Crippen LogP contribution in [0, 0.1) is 0 Å². The van der Waals surface area contributed by atoms with Gasteiger partial charge in [-0.25, -0.2) is 0 Å². The summed E-state index contributed by atoms with van der Waals surface area (Å²) in [4.78, 5) is 25.3. The Kier molecular flexibility index (Phi) is 6.38. The molecule has 3 rings (SSSR count). The normalized spacial score (nSPS) is 15.2. The maximum atomic E-state index is 12.7. The lowest BCUT2D eigenvalue weighted by Crippen LogP contribution is -2.44. The van der Waals surface area contributed by atoms with E-state index in [1.165, 1.54) is 0 Å². The van der Waals surface area contributed by atoms with Crippen molar-refractivity contribution in [1.29, 1.82) is 0 Å². The van der Waals surface area contributed by atoms with Crippen LogP contribution >= 0.6 is 39.9 Å². The average Bonchev–Trinajstić information content (AvgIpc) is 2.94. The third-order valence-electron chi connectivity index (χ3n) is 3.69. The van der Waals surface area contributed by atoms with Gasteiger partial charge >= 0.3 is 0 Å². The van der Waals surface area contributed by atoms with Gasteiger partial charge in [-0.3, -0.25) is 15.0 Å². The molecule has 2 N–H and O–H groups in total. The fourth-order valence-electron chi connectivity index (χ4n) is 2.41. The number of nitrogens with zero attached hydrogens (tertiary/aromatic N) is 1. The molecule has 6 nitrogen and oxygen atoms in total. The Labute approximate surface area is 179 Å². The van der Waals surface area contributed by atoms with Gasteiger partial charge in [0.1, 0.15) is 0 Å². The molecular formula is C19H15BrN2O4S2. The number of benzene rings is 2. The van der Waals surface area contributed by atoms with Crippen molar-refractivity contribution in [2.24, 2.45) is 0 Å². The Morgan fingerprint density at radius 2 is 2.07 bits per heavy atom. The first-order valence-corrected chi connectivity index (χ1v) is 10.2. The molecular weight excluding hydrogens is 464 g/mol. The van der Waals surface area contributed by atoms with Gasteiger partial charge in [0.25, 0.3) is 11.8 Å². The van der Waals surface area contributed by atoms with Gasteiger partial charge in [-0.05, 0) is 71.0 Å². The topological polar surface area (TPSA) is 78.9 Å². The largest absolute Gasteiger partial charge is 0.503 e. The van der Waals surface area contributed by atoms with Crippen LogP contribution in [-0.2, 0) is 4.79 Å². The van der Waals surface area contributed by atoms with Crippen molar-refractivity contribution < 1.29 is 19.4 Å². The maximum absolute atomic E-state index is 12.7. The zero-order valence-corrected chi connectivity index (χ0v) is 17.9. The average molecular weight is 479 g/mol. The number of thioether (sulfide) groups is 1. The first-order valence-electron chi connectivity index (χ1n) is 8.20. The summed E-state index contributed by atoms with van der Waals surface area (Å²) in [6, 6.07) is 11.8. The Bertz CT molecular complexity index is 979. The minimum Gasteiger partial charge on any atom is -0.503 e. The number of nitrogens with one attached hydrogen (secondary N) is 1. The van der Waals surface area contributed by atoms with Crippen LogP contribution in [0.3, 0.4) is 0 Å². The molecule has 1 fully saturated rings. The molecule has 2 aromatic rings. The van der Waals surface area contributed by atoms with E-state index >= 15 is 0 Å². The molecule has 1 heterocycles. The summed E-state index contributed by atoms with van der Waals surface area (Å²) in [6.45, 7) is 2.19. The number of phenolic OH excluding ortho intramolecular Hbond substituents is 1. The van der Waals surface area contributed by atoms with Gasteiger partial charge < -0.3 is 9.84 Å². The summed E-state index contributed by atoms with van der Waals surface area (Å²) >= 11 is 9.58. The van der Waals surface area contributed by atoms with Crippen LogP contribution in [0.5, 0.6) is 11.5 Å². The van der Waals surface area contributed by atoms with Gasteiger partial charge in [0.2, 0.25) is 0 Å². The SMILES string of the molecule is CCOc1cc(/C=C2/SC(=S)N(NC(=O)c3ccccc3)C2=O)cc(Br)c1O. The molecule has 0 saturated carbocycles. The molecule has 144 valence electrons. The highest BCUT2D eigenvalue weighted by molar-refractivity contribution is 9.10. The van der Waals surface area contributed by atoms with Gasteiger partial charge in [-0.1, -0.05) is 30.0 Å². The molecule has 9 heteroatoms. The molecule has 1 aliphatic rings. The first kappa shape index (κ1) is 20.4. The lowest BCUT2D eigenvalue weighted by atomic mass is 10.2. The summed E-state index contributed by atoms with van der Waals surface area (Å²) in [6.07, 6.45) is 1.63. The van der Waals surface area contributed by atoms with Crippen molar-refractivity contribution in [2.75, 3.05) is 6.61 Å². The summed E-state index contributed by atoms with van der Waals surface area (Å²) in [5.41, 5.74) is 3.59. The van der Waals surface area contributed by atoms with Gasteiger partial charge in [0.05, 0.1) is 16.0 Å². The van der Waals surface area contributed by atoms with Crippen LogP contribution in [-0.4, -0.2) is 32.9 Å². The smallest absolute Gasteiger partial charge is 0.285 e. The van der Waals surface area contributed by atoms with E-state index in [0.717, 1.165) is 16.8 Å². The number of hydrogen-bond donors (Lipinski definition) is 2. The lowest BCUT2D eigenvalue weighted by molar-refractivity contribution is -0.123. The second kappa shape index (κ2) is 8.76. The highest BCUT2D eigenvalue weighted by Crippen LogP contribution is 2.38. The number of halogens is 1. The van der Waals surface area contributed by atoms with E-state index in [0.29, 0.717) is 32.9 Å². The molecule has 28 heavy (non-hydrogen) atoms. The fraction of sp³-hybridized carbons (Fsp3) is 0.105. The number of carbonyl (C=O) groups excluding carboxylic acids is 2. The number of ether oxygens (including phenoxy) is 1. The second-order valence-corrected chi connectivity index (χ2v) is 8.14. The number of amides is 2. The van der Waals surface area contributed by atoms with Crippen molar-refractivity contribution in [2.45, 2.75) is 6.92 Å². The molecule has 2 aromatic carbocycles. The molecule has 0 radical (unpaired) electrons. The minimum atomic E-state index is -0.429. The van der Waals surface area contributed by atoms with Crippen molar-refractivity contribution >= 4 is 62.1 Å². The summed E-state index contributed by atoms with van der Waals surface area (Å²) < 4.78 is 6.07. The second-order valence-electron chi connectivity index (χ2n) is 5.61. The van der Waals surface area contributed by atoms with E-state index in [-0.39, 0.29) is 10.1 Å². The van der Waals surface area contributed by atoms with Crippen LogP contribution in [0.15, 0.2) is 51.8 Å². The van der Waals surface area contributed by atoms with E-state index < -0.39 is 11.8 Å². The van der Waals surface area contributed by atoms with Crippen molar-refractivity contribution in [3.05, 3.63) is 63.0 Å². The van der Waals surface area contributed by atoms with Gasteiger partial charge in [0, 0.05) is 5.56 Å². The summed E-state index contributed by atoms with van der Waals surface area (Å²) in [5.74, 6) is -0.566. The third-order valence-corrected chi connectivity index (χ3v) is 5.60. The molecule has 1 saturated heterocycles. The first-order chi connectivity index (χ1) is 13.4. The number of hydrazine groups is 1. The lowest BCUT2D eigenvalue weighted by Gasteiger charge is -2.15. The van der Waals surface area contributed by atoms with E-state index in [2.05, 4.69) is 21.4 Å². The monoisotopic (exact) mass is 478 g/mol. The van der Waals surface area contributed by atoms with E-state index in [9.17, 15) is 14.7 Å². The molecule has 1 aliphatic heterocycles. The van der Waals surface area contributed by atoms with Crippen molar-refractivity contribution in [3.63, 3.8) is 0 Å². The van der Waals surface area contributed by atoms with Crippen LogP contribution in [0.2, 0.25) is 0 Å². The number of rotatable bonds is 5. The summed E-state index contributed by atoms with van der Waals surface area (Å²) in [5, 5.41) is 11.1. The highest BCUT2D eigenvalue weighted by Gasteiger charge is 2.33. The van der Waals surface area contributed by atoms with Gasteiger partial charge in [-0.2, -0.15) is 5.01 Å². The zero-order valence-electron chi connectivity index (χ0n) is 14.6. The number of carbonyl (C=O) groups is 2. The van der Waals surface area contributed by atoms with Crippen molar-refractivity contribution in [3.8, 4) is 11.5 Å². The quantitative estimate of drug-likeness (QED) is 0.497. The number of phenols is 1. The molecule has 0 aromatic heterocycles. The van der Waals surface area contributed by atoms with Gasteiger partial charge in [-0.15, -0.1) is 0 Å². The van der Waals surface area contributed by atoms with Crippen LogP contribution < -0.4 is 10.2 Å². The molecule has 2 amide bonds. The maximum Gasteiger partial charge on any atom is 0.285 e. The minimum absolute atomic E-state index is 0.0123. The zero-order chi connectivity index (χ0) is 20.3. The molecule has 0 spiro atoms. The van der Waals surface area contributed by atoms with Gasteiger partial charge in [0.15, 0.2) is 15.8 Å². The van der Waals surface area contributed by atoms with E-state index in [1.807, 2.05) is 0 Å². The number of hydrogen-bond acceptors (Lipinski definition) is 6. The Balaban J connectivity index is 1.82. The van der Waals surface area contributed by atoms with Crippen LogP contribution in [0.25, 0.3) is 6.08 Å². The highest BCUT2D eigenvalue weighted by atomic mass is 79.9. The summed E-state index contributed by atoms with van der Waals surface area (Å²) in [7, 11) is 0. The molecule has 0 atom stereocenters. The van der Waals surface area contributed by atoms with Crippen LogP contribution in [0.1, 0.15) is 22.8 Å². The third kappa shape index (κ3) is 4.37. The Morgan fingerprint density at radius 1 is 1.36 bits per heavy atom. The number of thiocarbonyl (C=S) groups is 1. The Morgan fingerprint density at radius 3 is 2.75 bits per heavy atom. The predicted molar refractivity (Wildman–Crippen MR) is 116 cm³/mol. The van der Waals surface area contributed by atoms with E-state index in [4.69, 9.17) is 17.0 Å². The molecule has 0 unspecified atom stereocenters. The number of aromatic hydroxyl groups is 1. The van der Waals surface area contributed by atoms with Crippen molar-refractivity contribution in [1.82, 2.24) is 10.4 Å². The standard InChI is InChI=1S/C19H15BrN2O4S2/c1-2-26-14-9-11(8-13(20)16(14)23)10-15-18(25)22(19(27)28-15)21-17(24)12-6-4-3-5-7-12/h3-10,23H,2H2,1H3,(H,21,24)/b15-10+. The molecule has 0 bridgehead atoms. The van der Waals surface area contributed by atoms with Crippen LogP contribution in [0.4, 0.5) is 0 Å². The Hall–Kier alpha value is -2.36. The fourth-order valence-corrected chi connectivity index (χ4v) is 4.05. The molecule has 0 aliphatic carbocycles. The van der Waals surface area contributed by atoms with E-state index in [1.54, 1.807) is 55.5 Å². The predicted octanol–water partition coefficient (Wildman–Crippen LogP) is 4.10.